The molecule has 31 heavy (non-hydrogen) atoms. The van der Waals surface area contributed by atoms with Crippen molar-refractivity contribution in [2.24, 2.45) is 5.92 Å². The number of aromatic nitrogens is 3. The molecule has 0 saturated heterocycles. The second kappa shape index (κ2) is 8.68. The average Bonchev–Trinajstić information content (AvgIpc) is 3.69. The van der Waals surface area contributed by atoms with Gasteiger partial charge in [-0.05, 0) is 38.2 Å². The molecule has 1 atom stereocenters. The Morgan fingerprint density at radius 3 is 2.55 bits per heavy atom. The number of nitriles is 1. The first-order valence-corrected chi connectivity index (χ1v) is 10.6. The molecule has 2 amide bonds. The number of anilines is 2. The molecule has 4 rings (SSSR count). The van der Waals surface area contributed by atoms with Crippen LogP contribution in [0.25, 0.3) is 11.3 Å². The van der Waals surface area contributed by atoms with Gasteiger partial charge in [-0.2, -0.15) is 5.26 Å². The van der Waals surface area contributed by atoms with Crippen LogP contribution in [0.15, 0.2) is 24.7 Å². The second-order valence-electron chi connectivity index (χ2n) is 8.07. The van der Waals surface area contributed by atoms with Gasteiger partial charge in [0.2, 0.25) is 11.8 Å². The topological polar surface area (TPSA) is 124 Å². The zero-order valence-corrected chi connectivity index (χ0v) is 17.6. The van der Waals surface area contributed by atoms with Crippen molar-refractivity contribution in [3.8, 4) is 17.3 Å². The Kier molecular flexibility index (Phi) is 5.80. The minimum absolute atomic E-state index is 0.00911. The smallest absolute Gasteiger partial charge is 0.245 e. The lowest BCUT2D eigenvalue weighted by atomic mass is 10.1. The van der Waals surface area contributed by atoms with Crippen LogP contribution in [0.3, 0.4) is 0 Å². The van der Waals surface area contributed by atoms with Gasteiger partial charge < -0.3 is 15.5 Å². The number of carbonyl (C=O) groups is 2. The summed E-state index contributed by atoms with van der Waals surface area (Å²) in [7, 11) is 1.82. The molecule has 160 valence electrons. The van der Waals surface area contributed by atoms with Crippen LogP contribution in [-0.4, -0.2) is 50.8 Å². The van der Waals surface area contributed by atoms with Crippen LogP contribution < -0.4 is 10.6 Å². The molecular weight excluding hydrogens is 394 g/mol. The Hall–Kier alpha value is -3.54. The molecule has 9 heteroatoms. The summed E-state index contributed by atoms with van der Waals surface area (Å²) < 4.78 is 0. The van der Waals surface area contributed by atoms with E-state index in [1.807, 2.05) is 14.0 Å². The number of rotatable bonds is 8. The maximum absolute atomic E-state index is 12.8. The van der Waals surface area contributed by atoms with E-state index in [9.17, 15) is 14.9 Å². The van der Waals surface area contributed by atoms with E-state index in [0.717, 1.165) is 25.7 Å². The van der Waals surface area contributed by atoms with Crippen molar-refractivity contribution >= 4 is 23.3 Å². The lowest BCUT2D eigenvalue weighted by molar-refractivity contribution is -0.131. The average molecular weight is 419 g/mol. The third-order valence-electron chi connectivity index (χ3n) is 5.62. The van der Waals surface area contributed by atoms with Crippen LogP contribution in [0.1, 0.15) is 44.7 Å². The summed E-state index contributed by atoms with van der Waals surface area (Å²) in [4.78, 5) is 39.3. The predicted octanol–water partition coefficient (Wildman–Crippen LogP) is 2.57. The van der Waals surface area contributed by atoms with Crippen LogP contribution in [0.5, 0.6) is 0 Å². The van der Waals surface area contributed by atoms with Gasteiger partial charge in [0, 0.05) is 30.8 Å². The van der Waals surface area contributed by atoms with Crippen molar-refractivity contribution in [2.75, 3.05) is 17.7 Å². The van der Waals surface area contributed by atoms with Crippen LogP contribution in [0.4, 0.5) is 11.5 Å². The Morgan fingerprint density at radius 1 is 1.19 bits per heavy atom. The summed E-state index contributed by atoms with van der Waals surface area (Å²) in [6, 6.07) is 3.70. The molecule has 2 N–H and O–H groups in total. The molecular formula is C22H25N7O2. The van der Waals surface area contributed by atoms with Gasteiger partial charge in [0.05, 0.1) is 23.8 Å². The minimum Gasteiger partial charge on any atom is -0.371 e. The van der Waals surface area contributed by atoms with Crippen molar-refractivity contribution in [3.63, 3.8) is 0 Å². The van der Waals surface area contributed by atoms with Crippen molar-refractivity contribution in [1.29, 1.82) is 5.26 Å². The van der Waals surface area contributed by atoms with Gasteiger partial charge in [0.1, 0.15) is 12.1 Å². The van der Waals surface area contributed by atoms with Crippen molar-refractivity contribution in [3.05, 3.63) is 30.4 Å². The largest absolute Gasteiger partial charge is 0.371 e. The first-order valence-electron chi connectivity index (χ1n) is 10.6. The number of hydrogen-bond acceptors (Lipinski definition) is 7. The molecule has 2 saturated carbocycles. The summed E-state index contributed by atoms with van der Waals surface area (Å²) in [6.07, 6.45) is 9.10. The van der Waals surface area contributed by atoms with E-state index in [0.29, 0.717) is 35.2 Å². The van der Waals surface area contributed by atoms with Gasteiger partial charge in [-0.3, -0.25) is 14.6 Å². The summed E-state index contributed by atoms with van der Waals surface area (Å²) >= 11 is 0. The van der Waals surface area contributed by atoms with Gasteiger partial charge in [0.25, 0.3) is 0 Å². The van der Waals surface area contributed by atoms with E-state index in [1.165, 1.54) is 6.20 Å². The van der Waals surface area contributed by atoms with Crippen LogP contribution in [0, 0.1) is 17.2 Å². The minimum atomic E-state index is -0.444. The van der Waals surface area contributed by atoms with Gasteiger partial charge in [-0.1, -0.05) is 6.92 Å². The highest BCUT2D eigenvalue weighted by Crippen LogP contribution is 2.30. The summed E-state index contributed by atoms with van der Waals surface area (Å²) in [5.74, 6) is 0.473. The molecule has 2 aliphatic rings. The van der Waals surface area contributed by atoms with Gasteiger partial charge in [0.15, 0.2) is 11.5 Å². The van der Waals surface area contributed by atoms with E-state index >= 15 is 0 Å². The molecule has 2 aromatic rings. The van der Waals surface area contributed by atoms with Gasteiger partial charge in [-0.15, -0.1) is 0 Å². The predicted molar refractivity (Wildman–Crippen MR) is 115 cm³/mol. The van der Waals surface area contributed by atoms with Crippen molar-refractivity contribution < 1.29 is 9.59 Å². The van der Waals surface area contributed by atoms with E-state index in [4.69, 9.17) is 0 Å². The Morgan fingerprint density at radius 2 is 1.97 bits per heavy atom. The fourth-order valence-electron chi connectivity index (χ4n) is 3.33. The molecule has 0 spiro atoms. The van der Waals surface area contributed by atoms with Crippen molar-refractivity contribution in [1.82, 2.24) is 19.9 Å². The number of nitrogens with one attached hydrogen (secondary N) is 2. The molecule has 0 aromatic carbocycles. The van der Waals surface area contributed by atoms with Crippen LogP contribution >= 0.6 is 0 Å². The SMILES string of the molecule is CCC(Nc1cc(-c2cnc(NC(=O)C3CC3)cn2)cnc1C#N)C(=O)N(C)C1CC1. The van der Waals surface area contributed by atoms with E-state index in [2.05, 4.69) is 31.7 Å². The molecule has 9 nitrogen and oxygen atoms in total. The van der Waals surface area contributed by atoms with E-state index in [-0.39, 0.29) is 23.4 Å². The Balaban J connectivity index is 1.52. The number of hydrogen-bond donors (Lipinski definition) is 2. The van der Waals surface area contributed by atoms with Gasteiger partial charge in [-0.25, -0.2) is 9.97 Å². The molecule has 2 aromatic heterocycles. The lowest BCUT2D eigenvalue weighted by Gasteiger charge is -2.24. The number of nitrogens with zero attached hydrogens (tertiary/aromatic N) is 5. The molecule has 2 heterocycles. The highest BCUT2D eigenvalue weighted by Gasteiger charge is 2.33. The molecule has 1 unspecified atom stereocenters. The van der Waals surface area contributed by atoms with Crippen LogP contribution in [-0.2, 0) is 9.59 Å². The summed E-state index contributed by atoms with van der Waals surface area (Å²) in [5.41, 5.74) is 1.91. The fourth-order valence-corrected chi connectivity index (χ4v) is 3.33. The highest BCUT2D eigenvalue weighted by molar-refractivity contribution is 5.93. The fraction of sp³-hybridized carbons (Fsp3) is 0.455. The molecule has 2 fully saturated rings. The number of likely N-dealkylation sites (N-methyl/N-ethyl adjacent to an activating group) is 1. The number of carbonyl (C=O) groups excluding carboxylic acids is 2. The quantitative estimate of drug-likeness (QED) is 0.674. The number of pyridine rings is 1. The molecule has 0 aliphatic heterocycles. The van der Waals surface area contributed by atoms with Crippen molar-refractivity contribution in [2.45, 2.75) is 51.1 Å². The highest BCUT2D eigenvalue weighted by atomic mass is 16.2. The van der Waals surface area contributed by atoms with E-state index < -0.39 is 6.04 Å². The number of amides is 2. The Labute approximate surface area is 180 Å². The second-order valence-corrected chi connectivity index (χ2v) is 8.07. The monoisotopic (exact) mass is 419 g/mol. The first-order chi connectivity index (χ1) is 15.0. The third kappa shape index (κ3) is 4.79. The maximum atomic E-state index is 12.8. The third-order valence-corrected chi connectivity index (χ3v) is 5.62. The summed E-state index contributed by atoms with van der Waals surface area (Å²) in [5, 5.41) is 15.4. The normalized spacial score (nSPS) is 16.2. The van der Waals surface area contributed by atoms with Crippen LogP contribution in [0.2, 0.25) is 0 Å². The Bertz CT molecular complexity index is 1020. The zero-order chi connectivity index (χ0) is 22.0. The molecule has 2 aliphatic carbocycles. The molecule has 0 radical (unpaired) electrons. The standard InChI is InChI=1S/C22H25N7O2/c1-3-16(22(31)29(2)15-6-7-15)27-17-8-14(10-24-18(17)9-23)19-11-26-20(12-25-19)28-21(30)13-4-5-13/h8,10-13,15-16,27H,3-7H2,1-2H3,(H,26,28,30). The van der Waals surface area contributed by atoms with E-state index in [1.54, 1.807) is 23.4 Å². The summed E-state index contributed by atoms with van der Waals surface area (Å²) in [6.45, 7) is 1.93. The van der Waals surface area contributed by atoms with Gasteiger partial charge >= 0.3 is 0 Å². The first kappa shape index (κ1) is 20.7. The maximum Gasteiger partial charge on any atom is 0.245 e. The zero-order valence-electron chi connectivity index (χ0n) is 17.6. The molecule has 0 bridgehead atoms. The lowest BCUT2D eigenvalue weighted by Crippen LogP contribution is -2.41.